The summed E-state index contributed by atoms with van der Waals surface area (Å²) in [5.41, 5.74) is 2.76. The average Bonchev–Trinajstić information content (AvgIpc) is 2.37. The first-order chi connectivity index (χ1) is 9.18. The number of rotatable bonds is 3. The maximum Gasteiger partial charge on any atom is 0.123 e. The zero-order valence-corrected chi connectivity index (χ0v) is 14.3. The molecule has 2 rings (SSSR count). The molecule has 0 amide bonds. The van der Waals surface area contributed by atoms with Crippen molar-refractivity contribution in [2.24, 2.45) is 5.41 Å². The topological polar surface area (TPSA) is 9.23 Å². The van der Waals surface area contributed by atoms with Crippen LogP contribution in [0.15, 0.2) is 18.2 Å². The van der Waals surface area contributed by atoms with E-state index in [2.05, 4.69) is 59.7 Å². The Morgan fingerprint density at radius 3 is 2.50 bits per heavy atom. The molecule has 20 heavy (non-hydrogen) atoms. The second kappa shape index (κ2) is 5.26. The third-order valence-electron chi connectivity index (χ3n) is 4.85. The lowest BCUT2D eigenvalue weighted by atomic mass is 9.65. The summed E-state index contributed by atoms with van der Waals surface area (Å²) in [6, 6.07) is 6.49. The fourth-order valence-corrected chi connectivity index (χ4v) is 3.34. The Hall–Kier alpha value is -0.690. The Morgan fingerprint density at radius 1 is 1.35 bits per heavy atom. The maximum absolute atomic E-state index is 6.39. The van der Waals surface area contributed by atoms with Crippen LogP contribution < -0.4 is 4.74 Å². The van der Waals surface area contributed by atoms with Crippen LogP contribution in [0.2, 0.25) is 0 Å². The smallest absolute Gasteiger partial charge is 0.123 e. The molecule has 2 heteroatoms. The molecule has 1 saturated carbocycles. The van der Waals surface area contributed by atoms with Gasteiger partial charge in [-0.25, -0.2) is 0 Å². The van der Waals surface area contributed by atoms with Crippen LogP contribution in [0.25, 0.3) is 0 Å². The maximum atomic E-state index is 6.39. The molecule has 1 aliphatic carbocycles. The normalized spacial score (nSPS) is 29.9. The first kappa shape index (κ1) is 15.7. The SMILES string of the molecule is CCC1(C)C(Cl)CC1Oc1ccc(C)cc1C(C)(C)C. The van der Waals surface area contributed by atoms with Gasteiger partial charge >= 0.3 is 0 Å². The number of alkyl halides is 1. The summed E-state index contributed by atoms with van der Waals surface area (Å²) in [5.74, 6) is 1.02. The summed E-state index contributed by atoms with van der Waals surface area (Å²) in [5, 5.41) is 0.237. The van der Waals surface area contributed by atoms with E-state index < -0.39 is 0 Å². The van der Waals surface area contributed by atoms with Crippen molar-refractivity contribution in [3.05, 3.63) is 29.3 Å². The van der Waals surface area contributed by atoms with E-state index in [1.807, 2.05) is 0 Å². The summed E-state index contributed by atoms with van der Waals surface area (Å²) in [6.07, 6.45) is 2.24. The molecule has 1 fully saturated rings. The summed E-state index contributed by atoms with van der Waals surface area (Å²) >= 11 is 6.39. The van der Waals surface area contributed by atoms with E-state index in [1.54, 1.807) is 0 Å². The van der Waals surface area contributed by atoms with Gasteiger partial charge in [-0.05, 0) is 30.4 Å². The monoisotopic (exact) mass is 294 g/mol. The minimum Gasteiger partial charge on any atom is -0.489 e. The van der Waals surface area contributed by atoms with Crippen molar-refractivity contribution in [2.75, 3.05) is 0 Å². The van der Waals surface area contributed by atoms with Gasteiger partial charge in [0.2, 0.25) is 0 Å². The van der Waals surface area contributed by atoms with Crippen molar-refractivity contribution < 1.29 is 4.74 Å². The second-order valence-electron chi connectivity index (χ2n) is 7.42. The highest BCUT2D eigenvalue weighted by Gasteiger charge is 2.51. The van der Waals surface area contributed by atoms with E-state index in [0.717, 1.165) is 18.6 Å². The lowest BCUT2D eigenvalue weighted by Crippen LogP contribution is -2.55. The molecule has 0 aliphatic heterocycles. The van der Waals surface area contributed by atoms with E-state index in [9.17, 15) is 0 Å². The highest BCUT2D eigenvalue weighted by molar-refractivity contribution is 6.21. The molecular formula is C18H27ClO. The zero-order valence-electron chi connectivity index (χ0n) is 13.6. The third-order valence-corrected chi connectivity index (χ3v) is 5.52. The van der Waals surface area contributed by atoms with E-state index in [-0.39, 0.29) is 22.3 Å². The van der Waals surface area contributed by atoms with Crippen LogP contribution in [0.3, 0.4) is 0 Å². The number of hydrogen-bond donors (Lipinski definition) is 0. The molecule has 3 atom stereocenters. The van der Waals surface area contributed by atoms with Crippen LogP contribution in [0.1, 0.15) is 58.6 Å². The van der Waals surface area contributed by atoms with Gasteiger partial charge in [-0.1, -0.05) is 52.3 Å². The van der Waals surface area contributed by atoms with Gasteiger partial charge in [0, 0.05) is 17.2 Å². The molecule has 112 valence electrons. The van der Waals surface area contributed by atoms with Crippen LogP contribution in [0.4, 0.5) is 0 Å². The molecule has 3 unspecified atom stereocenters. The van der Waals surface area contributed by atoms with Crippen LogP contribution in [0, 0.1) is 12.3 Å². The minimum absolute atomic E-state index is 0.0914. The Morgan fingerprint density at radius 2 is 2.00 bits per heavy atom. The minimum atomic E-state index is 0.0914. The quantitative estimate of drug-likeness (QED) is 0.672. The average molecular weight is 295 g/mol. The standard InChI is InChI=1S/C18H27ClO/c1-7-18(6)15(19)11-16(18)20-14-9-8-12(2)10-13(14)17(3,4)5/h8-10,15-16H,7,11H2,1-6H3. The molecule has 0 N–H and O–H groups in total. The largest absolute Gasteiger partial charge is 0.489 e. The van der Waals surface area contributed by atoms with Gasteiger partial charge in [0.15, 0.2) is 0 Å². The Balaban J connectivity index is 2.27. The molecule has 0 saturated heterocycles. The van der Waals surface area contributed by atoms with Gasteiger partial charge in [0.05, 0.1) is 0 Å². The van der Waals surface area contributed by atoms with Gasteiger partial charge in [-0.15, -0.1) is 11.6 Å². The number of ether oxygens (including phenoxy) is 1. The predicted molar refractivity (Wildman–Crippen MR) is 87.0 cm³/mol. The first-order valence-corrected chi connectivity index (χ1v) is 8.04. The highest BCUT2D eigenvalue weighted by atomic mass is 35.5. The van der Waals surface area contributed by atoms with E-state index in [1.165, 1.54) is 11.1 Å². The van der Waals surface area contributed by atoms with Gasteiger partial charge < -0.3 is 4.74 Å². The molecule has 1 aromatic carbocycles. The summed E-state index contributed by atoms with van der Waals surface area (Å²) in [7, 11) is 0. The van der Waals surface area contributed by atoms with Crippen LogP contribution in [-0.2, 0) is 5.41 Å². The Kier molecular flexibility index (Phi) is 4.12. The highest BCUT2D eigenvalue weighted by Crippen LogP contribution is 2.50. The van der Waals surface area contributed by atoms with Crippen molar-refractivity contribution in [1.29, 1.82) is 0 Å². The fourth-order valence-electron chi connectivity index (χ4n) is 2.89. The van der Waals surface area contributed by atoms with Crippen molar-refractivity contribution in [3.63, 3.8) is 0 Å². The number of halogens is 1. The van der Waals surface area contributed by atoms with Crippen molar-refractivity contribution >= 4 is 11.6 Å². The zero-order chi connectivity index (χ0) is 15.1. The lowest BCUT2D eigenvalue weighted by Gasteiger charge is -2.50. The summed E-state index contributed by atoms with van der Waals surface area (Å²) in [4.78, 5) is 0. The van der Waals surface area contributed by atoms with Crippen LogP contribution >= 0.6 is 11.6 Å². The van der Waals surface area contributed by atoms with Crippen LogP contribution in [0.5, 0.6) is 5.75 Å². The molecule has 1 nitrogen and oxygen atoms in total. The molecule has 0 bridgehead atoms. The van der Waals surface area contributed by atoms with Gasteiger partial charge in [0.1, 0.15) is 11.9 Å². The van der Waals surface area contributed by atoms with E-state index in [0.29, 0.717) is 0 Å². The van der Waals surface area contributed by atoms with E-state index in [4.69, 9.17) is 16.3 Å². The molecule has 1 aromatic rings. The van der Waals surface area contributed by atoms with Crippen molar-refractivity contribution in [3.8, 4) is 5.75 Å². The summed E-state index contributed by atoms with van der Waals surface area (Å²) < 4.78 is 6.36. The molecule has 0 aromatic heterocycles. The predicted octanol–water partition coefficient (Wildman–Crippen LogP) is 5.47. The first-order valence-electron chi connectivity index (χ1n) is 7.60. The van der Waals surface area contributed by atoms with E-state index >= 15 is 0 Å². The second-order valence-corrected chi connectivity index (χ2v) is 7.95. The number of hydrogen-bond acceptors (Lipinski definition) is 1. The fraction of sp³-hybridized carbons (Fsp3) is 0.667. The van der Waals surface area contributed by atoms with Crippen LogP contribution in [-0.4, -0.2) is 11.5 Å². The third kappa shape index (κ3) is 2.70. The number of benzene rings is 1. The van der Waals surface area contributed by atoms with Crippen molar-refractivity contribution in [1.82, 2.24) is 0 Å². The summed E-state index contributed by atoms with van der Waals surface area (Å²) in [6.45, 7) is 13.3. The molecular weight excluding hydrogens is 268 g/mol. The molecule has 0 heterocycles. The van der Waals surface area contributed by atoms with Gasteiger partial charge in [-0.2, -0.15) is 0 Å². The Labute approximate surface area is 128 Å². The van der Waals surface area contributed by atoms with Gasteiger partial charge in [-0.3, -0.25) is 0 Å². The van der Waals surface area contributed by atoms with Crippen molar-refractivity contribution in [2.45, 2.75) is 71.3 Å². The Bertz CT molecular complexity index is 489. The van der Waals surface area contributed by atoms with Gasteiger partial charge in [0.25, 0.3) is 0 Å². The molecule has 1 aliphatic rings. The molecule has 0 spiro atoms. The number of aryl methyl sites for hydroxylation is 1. The molecule has 0 radical (unpaired) electrons. The lowest BCUT2D eigenvalue weighted by molar-refractivity contribution is -0.0304.